The van der Waals surface area contributed by atoms with Crippen LogP contribution >= 0.6 is 0 Å². The third kappa shape index (κ3) is 23.3. The summed E-state index contributed by atoms with van der Waals surface area (Å²) in [6.07, 6.45) is 62.9. The second-order valence-electron chi connectivity index (χ2n) is 48.8. The molecule has 0 heterocycles. The van der Waals surface area contributed by atoms with E-state index < -0.39 is 0 Å². The van der Waals surface area contributed by atoms with Crippen LogP contribution in [-0.2, 0) is 27.1 Å². The van der Waals surface area contributed by atoms with Crippen molar-refractivity contribution in [2.45, 2.75) is 487 Å². The highest BCUT2D eigenvalue weighted by atomic mass is 14.6. The summed E-state index contributed by atoms with van der Waals surface area (Å²) < 4.78 is 0. The first-order valence-corrected chi connectivity index (χ1v) is 62.2. The third-order valence-electron chi connectivity index (χ3n) is 39.8. The summed E-state index contributed by atoms with van der Waals surface area (Å²) in [6, 6.07) is 84.3. The number of hydrogen-bond acceptors (Lipinski definition) is 0. The van der Waals surface area contributed by atoms with Crippen LogP contribution in [0.2, 0.25) is 0 Å². The molecule has 10 atom stereocenters. The Bertz CT molecular complexity index is 5340. The summed E-state index contributed by atoms with van der Waals surface area (Å²) in [4.78, 5) is 0. The second kappa shape index (κ2) is 52.3. The minimum Gasteiger partial charge on any atom is -0.0654 e. The minimum absolute atomic E-state index is 0.0231. The van der Waals surface area contributed by atoms with E-state index in [9.17, 15) is 0 Å². The van der Waals surface area contributed by atoms with Gasteiger partial charge < -0.3 is 0 Å². The van der Waals surface area contributed by atoms with Crippen LogP contribution in [0.15, 0.2) is 194 Å². The fourth-order valence-electron chi connectivity index (χ4n) is 30.8. The quantitative estimate of drug-likeness (QED) is 0.0356. The van der Waals surface area contributed by atoms with E-state index in [1.165, 1.54) is 421 Å². The van der Waals surface area contributed by atoms with Crippen LogP contribution < -0.4 is 0 Å². The molecule has 0 radical (unpaired) electrons. The second-order valence-corrected chi connectivity index (χ2v) is 48.8. The molecule has 0 saturated heterocycles. The summed E-state index contributed by atoms with van der Waals surface area (Å²) in [5.74, 6) is 6.42. The van der Waals surface area contributed by atoms with E-state index in [-0.39, 0.29) is 27.1 Å². The lowest BCUT2D eigenvalue weighted by Crippen LogP contribution is -2.32. The maximum atomic E-state index is 2.86. The molecule has 0 spiro atoms. The average Bonchev–Trinajstić information content (AvgIpc) is 1.53. The van der Waals surface area contributed by atoms with Crippen molar-refractivity contribution in [1.29, 1.82) is 0 Å². The van der Waals surface area contributed by atoms with Gasteiger partial charge in [-0.05, 0) is 328 Å². The van der Waals surface area contributed by atoms with Crippen LogP contribution in [-0.4, -0.2) is 0 Å². The van der Waals surface area contributed by atoms with Gasteiger partial charge in [0.15, 0.2) is 0 Å². The fourth-order valence-corrected chi connectivity index (χ4v) is 30.8. The molecule has 0 aromatic heterocycles. The molecule has 0 N–H and O–H groups in total. The predicted octanol–water partition coefficient (Wildman–Crippen LogP) is 45.8. The van der Waals surface area contributed by atoms with Gasteiger partial charge in [-0.25, -0.2) is 0 Å². The van der Waals surface area contributed by atoms with Crippen LogP contribution in [0.5, 0.6) is 0 Å². The molecule has 5 aliphatic rings. The molecular formula is C145H202. The van der Waals surface area contributed by atoms with E-state index in [2.05, 4.69) is 333 Å². The van der Waals surface area contributed by atoms with E-state index in [1.54, 1.807) is 55.6 Å². The molecule has 0 bridgehead atoms. The Morgan fingerprint density at radius 3 is 0.379 bits per heavy atom. The maximum absolute atomic E-state index is 2.86. The summed E-state index contributed by atoms with van der Waals surface area (Å²) in [7, 11) is 0. The van der Waals surface area contributed by atoms with Crippen molar-refractivity contribution >= 4 is 0 Å². The molecule has 0 amide bonds. The summed E-state index contributed by atoms with van der Waals surface area (Å²) in [5.41, 5.74) is 42.0. The van der Waals surface area contributed by atoms with E-state index in [1.807, 2.05) is 0 Å². The number of hydrogen-bond donors (Lipinski definition) is 0. The van der Waals surface area contributed by atoms with Crippen LogP contribution in [0.1, 0.15) is 515 Å². The van der Waals surface area contributed by atoms with Crippen molar-refractivity contribution in [2.75, 3.05) is 0 Å². The topological polar surface area (TPSA) is 0 Å². The highest BCUT2D eigenvalue weighted by molar-refractivity contribution is 5.93. The maximum Gasteiger partial charge on any atom is 0.0220 e. The highest BCUT2D eigenvalue weighted by Gasteiger charge is 2.53. The summed E-state index contributed by atoms with van der Waals surface area (Å²) >= 11 is 0. The first-order valence-electron chi connectivity index (χ1n) is 62.2. The fraction of sp³-hybridized carbons (Fsp3) is 0.586. The Morgan fingerprint density at radius 1 is 0.138 bits per heavy atom. The van der Waals surface area contributed by atoms with Gasteiger partial charge in [0.25, 0.3) is 0 Å². The lowest BCUT2D eigenvalue weighted by atomic mass is 9.64. The van der Waals surface area contributed by atoms with E-state index in [4.69, 9.17) is 0 Å². The van der Waals surface area contributed by atoms with E-state index in [0.717, 1.165) is 0 Å². The molecule has 10 aromatic carbocycles. The molecule has 5 aliphatic carbocycles. The zero-order chi connectivity index (χ0) is 102. The summed E-state index contributed by atoms with van der Waals surface area (Å²) in [5, 5.41) is 0. The predicted molar refractivity (Wildman–Crippen MR) is 638 cm³/mol. The Hall–Kier alpha value is -7.80. The Morgan fingerprint density at radius 2 is 0.255 bits per heavy atom. The average molecular weight is 1950 g/mol. The summed E-state index contributed by atoms with van der Waals surface area (Å²) in [6.45, 7) is 49.6. The van der Waals surface area contributed by atoms with Gasteiger partial charge in [0.05, 0.1) is 0 Å². The van der Waals surface area contributed by atoms with Crippen LogP contribution in [0.3, 0.4) is 0 Å². The molecular weight excluding hydrogens is 1740 g/mol. The molecule has 782 valence electrons. The normalized spacial score (nSPS) is 20.1. The van der Waals surface area contributed by atoms with E-state index in [0.29, 0.717) is 59.2 Å². The van der Waals surface area contributed by atoms with E-state index >= 15 is 0 Å². The standard InChI is InChI=1S/C145H202/c1-21-41-55-103(31-11)93-141(94-104(32-12)56-42-22-2)131-67-53-51-65-121(131)123-77-69-113(85-133(123)141)115-71-79-125-127-81-73-117(89-137(127)143(135(125)87-115,97-107(35-15)59-45-25-5)98-108(36-16)60-46-26-6)119-75-83-129-130-84-76-120(92-140(130)145(139(129)91-119,101-111(39-19)63-49-29-9)102-112(40-20)64-50-30-10)118-74-82-128-126-80-72-116(88-136(126)144(138(128)90-118,99-109(37-17)61-47-27-7)100-110(38-18)62-48-28-8)114-70-78-124-122-66-52-54-68-132(122)142(134(124)86-114,95-105(33-13)57-43-23-3)96-106(34-14)58-44-24-4/h51-54,65-92,103-112H,21-50,55-64,93-102H2,1-20H3. The van der Waals surface area contributed by atoms with Crippen molar-refractivity contribution in [2.24, 2.45) is 59.2 Å². The smallest absolute Gasteiger partial charge is 0.0220 e. The lowest BCUT2D eigenvalue weighted by molar-refractivity contribution is 0.265. The van der Waals surface area contributed by atoms with Crippen molar-refractivity contribution in [3.8, 4) is 100 Å². The molecule has 0 heteroatoms. The molecule has 0 nitrogen and oxygen atoms in total. The number of fused-ring (bicyclic) bond motifs is 15. The van der Waals surface area contributed by atoms with Gasteiger partial charge in [0.1, 0.15) is 0 Å². The lowest BCUT2D eigenvalue weighted by Gasteiger charge is -2.39. The van der Waals surface area contributed by atoms with Gasteiger partial charge >= 0.3 is 0 Å². The molecule has 15 rings (SSSR count). The Balaban J connectivity index is 0.894. The molecule has 10 aromatic rings. The van der Waals surface area contributed by atoms with Gasteiger partial charge in [0.2, 0.25) is 0 Å². The van der Waals surface area contributed by atoms with Crippen molar-refractivity contribution < 1.29 is 0 Å². The first kappa shape index (κ1) is 111. The third-order valence-corrected chi connectivity index (χ3v) is 39.8. The first-order chi connectivity index (χ1) is 70.8. The van der Waals surface area contributed by atoms with Crippen molar-refractivity contribution in [3.63, 3.8) is 0 Å². The monoisotopic (exact) mass is 1940 g/mol. The minimum atomic E-state index is -0.179. The van der Waals surface area contributed by atoms with Crippen LogP contribution in [0, 0.1) is 59.2 Å². The molecule has 145 heavy (non-hydrogen) atoms. The van der Waals surface area contributed by atoms with Crippen molar-refractivity contribution in [3.05, 3.63) is 250 Å². The van der Waals surface area contributed by atoms with Crippen molar-refractivity contribution in [1.82, 2.24) is 0 Å². The van der Waals surface area contributed by atoms with Gasteiger partial charge in [-0.15, -0.1) is 0 Å². The molecule has 0 saturated carbocycles. The Labute approximate surface area is 889 Å². The van der Waals surface area contributed by atoms with Gasteiger partial charge in [-0.1, -0.05) is 541 Å². The Kier molecular flexibility index (Phi) is 40.1. The SMILES string of the molecule is CCCCC(CC)CC1(CC(CC)CCCC)c2ccccc2-c2ccc(-c3ccc4c(c3)C(CC(CC)CCCC)(CC(CC)CCCC)c3cc(-c5ccc6c(c5)C(CC(CC)CCCC)(CC(CC)CCCC)c5cc(-c7ccc8c(c7)C(CC(CC)CCCC)(CC(CC)CCCC)c7cc(-c9ccc%10c(c9)C(CC(CC)CCCC)(CC(CC)CCCC)c9ccccc9-%10)ccc7-8)ccc5-6)ccc3-4)cc21. The van der Waals surface area contributed by atoms with Gasteiger partial charge in [-0.2, -0.15) is 0 Å². The number of rotatable bonds is 64. The van der Waals surface area contributed by atoms with Gasteiger partial charge in [-0.3, -0.25) is 0 Å². The number of unbranched alkanes of at least 4 members (excludes halogenated alkanes) is 10. The largest absolute Gasteiger partial charge is 0.0654 e. The van der Waals surface area contributed by atoms with Crippen LogP contribution in [0.25, 0.3) is 100 Å². The van der Waals surface area contributed by atoms with Crippen LogP contribution in [0.4, 0.5) is 0 Å². The number of benzene rings is 10. The highest BCUT2D eigenvalue weighted by Crippen LogP contribution is 2.66. The molecule has 0 fully saturated rings. The zero-order valence-electron chi connectivity index (χ0n) is 96.1. The molecule has 10 unspecified atom stereocenters. The molecule has 0 aliphatic heterocycles. The van der Waals surface area contributed by atoms with Gasteiger partial charge in [0, 0.05) is 27.1 Å². The zero-order valence-corrected chi connectivity index (χ0v) is 96.1.